The number of aromatic nitrogens is 1. The number of pyridine rings is 1. The number of hydrogen-bond donors (Lipinski definition) is 1. The monoisotopic (exact) mass is 269 g/mol. The molecule has 7 heteroatoms. The third kappa shape index (κ3) is 3.73. The van der Waals surface area contributed by atoms with Crippen LogP contribution in [0.4, 0.5) is 14.6 Å². The highest BCUT2D eigenvalue weighted by Crippen LogP contribution is 2.26. The van der Waals surface area contributed by atoms with Gasteiger partial charge in [-0.25, -0.2) is 13.8 Å². The first-order chi connectivity index (χ1) is 7.54. The van der Waals surface area contributed by atoms with Gasteiger partial charge in [-0.2, -0.15) is 0 Å². The minimum absolute atomic E-state index is 0.238. The van der Waals surface area contributed by atoms with Gasteiger partial charge in [0.05, 0.1) is 16.6 Å². The highest BCUT2D eigenvalue weighted by molar-refractivity contribution is 6.36. The molecule has 90 valence electrons. The van der Waals surface area contributed by atoms with E-state index >= 15 is 0 Å². The van der Waals surface area contributed by atoms with Crippen molar-refractivity contribution >= 4 is 29.0 Å². The van der Waals surface area contributed by atoms with Gasteiger partial charge in [0.25, 0.3) is 6.43 Å². The molecule has 0 aliphatic heterocycles. The Hall–Kier alpha value is -0.650. The number of hydrogen-bond acceptors (Lipinski definition) is 3. The van der Waals surface area contributed by atoms with Crippen molar-refractivity contribution < 1.29 is 8.78 Å². The fourth-order valence-corrected chi connectivity index (χ4v) is 1.75. The van der Waals surface area contributed by atoms with Crippen LogP contribution in [0.15, 0.2) is 12.3 Å². The van der Waals surface area contributed by atoms with Gasteiger partial charge in [0, 0.05) is 19.3 Å². The number of nitrogens with zero attached hydrogens (tertiary/aromatic N) is 2. The van der Waals surface area contributed by atoms with E-state index in [1.807, 2.05) is 0 Å². The summed E-state index contributed by atoms with van der Waals surface area (Å²) in [7, 11) is 0. The molecule has 1 aromatic rings. The van der Waals surface area contributed by atoms with Crippen molar-refractivity contribution in [2.75, 3.05) is 24.5 Å². The van der Waals surface area contributed by atoms with Gasteiger partial charge >= 0.3 is 0 Å². The average molecular weight is 270 g/mol. The Morgan fingerprint density at radius 1 is 1.44 bits per heavy atom. The first-order valence-electron chi connectivity index (χ1n) is 4.58. The summed E-state index contributed by atoms with van der Waals surface area (Å²) in [5.41, 5.74) is 5.34. The van der Waals surface area contributed by atoms with E-state index in [0.717, 1.165) is 0 Å². The molecule has 1 rings (SSSR count). The van der Waals surface area contributed by atoms with Crippen LogP contribution in [0.1, 0.15) is 0 Å². The number of alkyl halides is 2. The predicted molar refractivity (Wildman–Crippen MR) is 61.5 cm³/mol. The lowest BCUT2D eigenvalue weighted by atomic mass is 10.4. The molecule has 3 nitrogen and oxygen atoms in total. The molecule has 0 fully saturated rings. The van der Waals surface area contributed by atoms with Crippen LogP contribution in [0.5, 0.6) is 0 Å². The van der Waals surface area contributed by atoms with E-state index in [9.17, 15) is 8.78 Å². The maximum atomic E-state index is 12.3. The van der Waals surface area contributed by atoms with Crippen molar-refractivity contribution in [2.24, 2.45) is 5.73 Å². The zero-order valence-corrected chi connectivity index (χ0v) is 9.85. The van der Waals surface area contributed by atoms with E-state index < -0.39 is 13.0 Å². The van der Waals surface area contributed by atoms with Crippen LogP contribution in [0, 0.1) is 0 Å². The molecule has 16 heavy (non-hydrogen) atoms. The van der Waals surface area contributed by atoms with E-state index in [1.165, 1.54) is 17.2 Å². The molecule has 0 aromatic carbocycles. The van der Waals surface area contributed by atoms with Crippen LogP contribution < -0.4 is 10.6 Å². The SMILES string of the molecule is NCCN(CC(F)F)c1ncc(Cl)cc1Cl. The third-order valence-corrected chi connectivity index (χ3v) is 2.33. The highest BCUT2D eigenvalue weighted by Gasteiger charge is 2.16. The van der Waals surface area contributed by atoms with Crippen molar-refractivity contribution in [1.29, 1.82) is 0 Å². The lowest BCUT2D eigenvalue weighted by molar-refractivity contribution is 0.155. The Morgan fingerprint density at radius 3 is 2.62 bits per heavy atom. The smallest absolute Gasteiger partial charge is 0.255 e. The molecule has 2 N–H and O–H groups in total. The zero-order valence-electron chi connectivity index (χ0n) is 8.34. The van der Waals surface area contributed by atoms with Gasteiger partial charge < -0.3 is 10.6 Å². The van der Waals surface area contributed by atoms with E-state index in [2.05, 4.69) is 4.98 Å². The van der Waals surface area contributed by atoms with Gasteiger partial charge in [0.1, 0.15) is 5.82 Å². The van der Waals surface area contributed by atoms with Gasteiger partial charge in [-0.3, -0.25) is 0 Å². The fourth-order valence-electron chi connectivity index (χ4n) is 1.25. The average Bonchev–Trinajstić information content (AvgIpc) is 2.16. The molecular weight excluding hydrogens is 259 g/mol. The number of halogens is 4. The van der Waals surface area contributed by atoms with Crippen molar-refractivity contribution in [3.63, 3.8) is 0 Å². The summed E-state index contributed by atoms with van der Waals surface area (Å²) in [5, 5.41) is 0.597. The summed E-state index contributed by atoms with van der Waals surface area (Å²) in [6, 6.07) is 1.46. The molecule has 0 saturated heterocycles. The first-order valence-corrected chi connectivity index (χ1v) is 5.34. The molecule has 1 aromatic heterocycles. The molecule has 0 atom stereocenters. The Morgan fingerprint density at radius 2 is 2.12 bits per heavy atom. The van der Waals surface area contributed by atoms with Crippen LogP contribution in [-0.2, 0) is 0 Å². The minimum atomic E-state index is -2.47. The molecule has 1 heterocycles. The van der Waals surface area contributed by atoms with Gasteiger partial charge in [-0.15, -0.1) is 0 Å². The van der Waals surface area contributed by atoms with E-state index in [0.29, 0.717) is 5.02 Å². The summed E-state index contributed by atoms with van der Waals surface area (Å²) in [6.07, 6.45) is -1.11. The normalized spacial score (nSPS) is 10.9. The number of rotatable bonds is 5. The largest absolute Gasteiger partial charge is 0.348 e. The summed E-state index contributed by atoms with van der Waals surface area (Å²) in [4.78, 5) is 5.26. The second kappa shape index (κ2) is 6.18. The predicted octanol–water partition coefficient (Wildman–Crippen LogP) is 2.42. The first kappa shape index (κ1) is 13.4. The zero-order chi connectivity index (χ0) is 12.1. The summed E-state index contributed by atoms with van der Waals surface area (Å²) < 4.78 is 24.7. The lowest BCUT2D eigenvalue weighted by Crippen LogP contribution is -2.34. The van der Waals surface area contributed by atoms with Crippen molar-refractivity contribution in [2.45, 2.75) is 6.43 Å². The topological polar surface area (TPSA) is 42.1 Å². The molecule has 0 unspecified atom stereocenters. The van der Waals surface area contributed by atoms with Crippen LogP contribution >= 0.6 is 23.2 Å². The van der Waals surface area contributed by atoms with Gasteiger partial charge in [0.15, 0.2) is 0 Å². The molecule has 0 aliphatic rings. The Balaban J connectivity index is 2.91. The van der Waals surface area contributed by atoms with Crippen LogP contribution in [0.2, 0.25) is 10.0 Å². The summed E-state index contributed by atoms with van der Waals surface area (Å²) >= 11 is 11.5. The maximum Gasteiger partial charge on any atom is 0.255 e. The van der Waals surface area contributed by atoms with E-state index in [-0.39, 0.29) is 23.9 Å². The molecule has 0 bridgehead atoms. The minimum Gasteiger partial charge on any atom is -0.348 e. The van der Waals surface area contributed by atoms with Crippen molar-refractivity contribution in [3.05, 3.63) is 22.3 Å². The highest BCUT2D eigenvalue weighted by atomic mass is 35.5. The Bertz CT molecular complexity index is 350. The number of anilines is 1. The van der Waals surface area contributed by atoms with Gasteiger partial charge in [-0.05, 0) is 6.07 Å². The van der Waals surface area contributed by atoms with Crippen LogP contribution in [0.3, 0.4) is 0 Å². The molecule has 0 spiro atoms. The lowest BCUT2D eigenvalue weighted by Gasteiger charge is -2.23. The van der Waals surface area contributed by atoms with E-state index in [1.54, 1.807) is 0 Å². The second-order valence-electron chi connectivity index (χ2n) is 3.08. The Kier molecular flexibility index (Phi) is 5.18. The van der Waals surface area contributed by atoms with Gasteiger partial charge in [-0.1, -0.05) is 23.2 Å². The maximum absolute atomic E-state index is 12.3. The van der Waals surface area contributed by atoms with Gasteiger partial charge in [0.2, 0.25) is 0 Å². The summed E-state index contributed by atoms with van der Waals surface area (Å²) in [6.45, 7) is 0.0532. The third-order valence-electron chi connectivity index (χ3n) is 1.85. The van der Waals surface area contributed by atoms with E-state index in [4.69, 9.17) is 28.9 Å². The number of nitrogens with two attached hydrogens (primary N) is 1. The molecule has 0 saturated carbocycles. The second-order valence-corrected chi connectivity index (χ2v) is 3.93. The van der Waals surface area contributed by atoms with Crippen molar-refractivity contribution in [1.82, 2.24) is 4.98 Å². The molecule has 0 aliphatic carbocycles. The van der Waals surface area contributed by atoms with Crippen LogP contribution in [-0.4, -0.2) is 31.0 Å². The molecule has 0 amide bonds. The molecule has 0 radical (unpaired) electrons. The fraction of sp³-hybridized carbons (Fsp3) is 0.444. The quantitative estimate of drug-likeness (QED) is 0.893. The molecular formula is C9H11Cl2F2N3. The van der Waals surface area contributed by atoms with Crippen LogP contribution in [0.25, 0.3) is 0 Å². The Labute approximate surface area is 102 Å². The standard InChI is InChI=1S/C9H11Cl2F2N3/c10-6-3-7(11)9(15-4-6)16(2-1-14)5-8(12)13/h3-4,8H,1-2,5,14H2. The summed E-state index contributed by atoms with van der Waals surface area (Å²) in [5.74, 6) is 0.275. The van der Waals surface area contributed by atoms with Crippen molar-refractivity contribution in [3.8, 4) is 0 Å².